The quantitative estimate of drug-likeness (QED) is 0.304. The van der Waals surface area contributed by atoms with Crippen molar-refractivity contribution in [2.75, 3.05) is 5.32 Å². The maximum atomic E-state index is 14.0. The molecule has 32 heavy (non-hydrogen) atoms. The number of H-pyrrole nitrogens is 2. The first kappa shape index (κ1) is 19.7. The minimum absolute atomic E-state index is 0.331. The maximum Gasteiger partial charge on any atom is 0.165 e. The van der Waals surface area contributed by atoms with E-state index in [0.29, 0.717) is 24.5 Å². The van der Waals surface area contributed by atoms with Crippen LogP contribution in [0, 0.1) is 5.82 Å². The molecule has 160 valence electrons. The third kappa shape index (κ3) is 3.66. The molecule has 0 aliphatic carbocycles. The first-order chi connectivity index (χ1) is 15.6. The Kier molecular flexibility index (Phi) is 5.03. The molecule has 8 heteroatoms. The highest BCUT2D eigenvalue weighted by Gasteiger charge is 2.15. The highest BCUT2D eigenvalue weighted by molar-refractivity contribution is 5.94. The second-order valence-corrected chi connectivity index (χ2v) is 7.50. The summed E-state index contributed by atoms with van der Waals surface area (Å²) in [6.07, 6.45) is 5.95. The van der Waals surface area contributed by atoms with Gasteiger partial charge in [0.2, 0.25) is 0 Å². The Morgan fingerprint density at radius 2 is 2.03 bits per heavy atom. The number of aromatic nitrogens is 5. The summed E-state index contributed by atoms with van der Waals surface area (Å²) in [6, 6.07) is 12.5. The number of aromatic hydroxyl groups is 1. The zero-order chi connectivity index (χ0) is 22.1. The lowest BCUT2D eigenvalue weighted by molar-refractivity contribution is 0.432. The van der Waals surface area contributed by atoms with E-state index < -0.39 is 5.82 Å². The number of aromatic amines is 2. The second-order valence-electron chi connectivity index (χ2n) is 7.50. The average Bonchev–Trinajstić information content (AvgIpc) is 3.46. The number of hydrogen-bond acceptors (Lipinski definition) is 5. The molecule has 0 unspecified atom stereocenters. The number of nitrogens with zero attached hydrogens (tertiary/aromatic N) is 3. The predicted molar refractivity (Wildman–Crippen MR) is 122 cm³/mol. The van der Waals surface area contributed by atoms with E-state index in [1.807, 2.05) is 37.3 Å². The largest absolute Gasteiger partial charge is 0.505 e. The number of benzene rings is 2. The zero-order valence-corrected chi connectivity index (χ0v) is 17.4. The number of anilines is 1. The molecular formula is C24H21FN6O. The van der Waals surface area contributed by atoms with E-state index in [-0.39, 0.29) is 5.75 Å². The molecule has 2 aromatic carbocycles. The van der Waals surface area contributed by atoms with Crippen molar-refractivity contribution in [1.82, 2.24) is 25.1 Å². The van der Waals surface area contributed by atoms with E-state index in [2.05, 4.69) is 30.5 Å². The van der Waals surface area contributed by atoms with Crippen LogP contribution in [0.3, 0.4) is 0 Å². The van der Waals surface area contributed by atoms with Crippen molar-refractivity contribution in [3.05, 3.63) is 78.1 Å². The van der Waals surface area contributed by atoms with Crippen LogP contribution in [0.5, 0.6) is 5.75 Å². The van der Waals surface area contributed by atoms with Crippen molar-refractivity contribution in [1.29, 1.82) is 0 Å². The van der Waals surface area contributed by atoms with Crippen LogP contribution >= 0.6 is 0 Å². The van der Waals surface area contributed by atoms with Crippen molar-refractivity contribution < 1.29 is 9.50 Å². The van der Waals surface area contributed by atoms with Crippen molar-refractivity contribution in [3.63, 3.8) is 0 Å². The molecule has 0 radical (unpaired) electrons. The highest BCUT2D eigenvalue weighted by Crippen LogP contribution is 2.33. The lowest BCUT2D eigenvalue weighted by Gasteiger charge is -2.10. The Labute approximate surface area is 183 Å². The molecule has 5 rings (SSSR count). The lowest BCUT2D eigenvalue weighted by atomic mass is 9.96. The standard InChI is InChI=1S/C24H21FN6O/c1-2-14-9-22(32)20(25)10-19(14)15-5-6-18-21(8-15)30-31-23(18)24-28-13-17(29-24)12-27-16-4-3-7-26-11-16/h3-11,13,27,32H,2,12H2,1H3,(H,28,29)(H,30,31). The van der Waals surface area contributed by atoms with Gasteiger partial charge >= 0.3 is 0 Å². The van der Waals surface area contributed by atoms with Gasteiger partial charge in [-0.2, -0.15) is 5.10 Å². The molecule has 4 N–H and O–H groups in total. The molecule has 0 saturated carbocycles. The first-order valence-corrected chi connectivity index (χ1v) is 10.3. The van der Waals surface area contributed by atoms with Crippen LogP contribution in [-0.4, -0.2) is 30.3 Å². The minimum atomic E-state index is -0.634. The normalized spacial score (nSPS) is 11.2. The number of halogens is 1. The van der Waals surface area contributed by atoms with Gasteiger partial charge in [0.05, 0.1) is 29.6 Å². The Hall–Kier alpha value is -4.20. The first-order valence-electron chi connectivity index (χ1n) is 10.3. The molecule has 0 fully saturated rings. The summed E-state index contributed by atoms with van der Waals surface area (Å²) in [7, 11) is 0. The van der Waals surface area contributed by atoms with Gasteiger partial charge in [-0.25, -0.2) is 9.37 Å². The van der Waals surface area contributed by atoms with Gasteiger partial charge in [0.25, 0.3) is 0 Å². The van der Waals surface area contributed by atoms with E-state index in [9.17, 15) is 9.50 Å². The highest BCUT2D eigenvalue weighted by atomic mass is 19.1. The topological polar surface area (TPSA) is 103 Å². The number of phenols is 1. The lowest BCUT2D eigenvalue weighted by Crippen LogP contribution is -1.99. The maximum absolute atomic E-state index is 14.0. The van der Waals surface area contributed by atoms with Gasteiger partial charge in [-0.05, 0) is 59.5 Å². The van der Waals surface area contributed by atoms with E-state index >= 15 is 0 Å². The van der Waals surface area contributed by atoms with Crippen LogP contribution < -0.4 is 5.32 Å². The number of imidazole rings is 1. The van der Waals surface area contributed by atoms with Crippen LogP contribution in [0.25, 0.3) is 33.5 Å². The zero-order valence-electron chi connectivity index (χ0n) is 17.4. The molecule has 7 nitrogen and oxygen atoms in total. The third-order valence-electron chi connectivity index (χ3n) is 5.42. The summed E-state index contributed by atoms with van der Waals surface area (Å²) in [5.41, 5.74) is 5.86. The molecule has 0 aliphatic rings. The summed E-state index contributed by atoms with van der Waals surface area (Å²) in [4.78, 5) is 11.9. The average molecular weight is 428 g/mol. The van der Waals surface area contributed by atoms with Gasteiger partial charge in [0.1, 0.15) is 5.69 Å². The van der Waals surface area contributed by atoms with Crippen molar-refractivity contribution in [3.8, 4) is 28.4 Å². The van der Waals surface area contributed by atoms with Crippen LogP contribution in [0.1, 0.15) is 18.2 Å². The summed E-state index contributed by atoms with van der Waals surface area (Å²) in [6.45, 7) is 2.55. The van der Waals surface area contributed by atoms with Crippen LogP contribution in [0.15, 0.2) is 61.1 Å². The van der Waals surface area contributed by atoms with E-state index in [4.69, 9.17) is 0 Å². The van der Waals surface area contributed by atoms with Gasteiger partial charge < -0.3 is 15.4 Å². The number of aryl methyl sites for hydroxylation is 1. The second kappa shape index (κ2) is 8.14. The third-order valence-corrected chi connectivity index (χ3v) is 5.42. The summed E-state index contributed by atoms with van der Waals surface area (Å²) in [5.74, 6) is -0.301. The smallest absolute Gasteiger partial charge is 0.165 e. The molecule has 0 amide bonds. The van der Waals surface area contributed by atoms with E-state index in [1.165, 1.54) is 12.1 Å². The fourth-order valence-corrected chi connectivity index (χ4v) is 3.77. The van der Waals surface area contributed by atoms with Gasteiger partial charge in [-0.1, -0.05) is 13.0 Å². The molecular weight excluding hydrogens is 407 g/mol. The molecule has 3 heterocycles. The molecule has 3 aromatic heterocycles. The van der Waals surface area contributed by atoms with Gasteiger partial charge in [0.15, 0.2) is 17.4 Å². The Bertz CT molecular complexity index is 1390. The van der Waals surface area contributed by atoms with Crippen LogP contribution in [0.2, 0.25) is 0 Å². The fraction of sp³-hybridized carbons (Fsp3) is 0.125. The number of fused-ring (bicyclic) bond motifs is 1. The van der Waals surface area contributed by atoms with Crippen LogP contribution in [0.4, 0.5) is 10.1 Å². The SMILES string of the molecule is CCc1cc(O)c(F)cc1-c1ccc2c(-c3ncc(CNc4cccnc4)[nH]3)n[nH]c2c1. The van der Waals surface area contributed by atoms with Gasteiger partial charge in [-0.15, -0.1) is 0 Å². The van der Waals surface area contributed by atoms with Gasteiger partial charge in [0, 0.05) is 17.8 Å². The minimum Gasteiger partial charge on any atom is -0.505 e. The molecule has 5 aromatic rings. The number of rotatable bonds is 6. The molecule has 0 atom stereocenters. The number of nitrogens with one attached hydrogen (secondary N) is 3. The number of hydrogen-bond donors (Lipinski definition) is 4. The molecule has 0 spiro atoms. The van der Waals surface area contributed by atoms with Crippen molar-refractivity contribution >= 4 is 16.6 Å². The molecule has 0 aliphatic heterocycles. The summed E-state index contributed by atoms with van der Waals surface area (Å²) >= 11 is 0. The molecule has 0 saturated heterocycles. The van der Waals surface area contributed by atoms with Crippen molar-refractivity contribution in [2.24, 2.45) is 0 Å². The summed E-state index contributed by atoms with van der Waals surface area (Å²) < 4.78 is 14.0. The Morgan fingerprint density at radius 3 is 2.84 bits per heavy atom. The van der Waals surface area contributed by atoms with Crippen LogP contribution in [-0.2, 0) is 13.0 Å². The van der Waals surface area contributed by atoms with E-state index in [1.54, 1.807) is 18.6 Å². The van der Waals surface area contributed by atoms with Gasteiger partial charge in [-0.3, -0.25) is 10.1 Å². The predicted octanol–water partition coefficient (Wildman–Crippen LogP) is 5.03. The summed E-state index contributed by atoms with van der Waals surface area (Å²) in [5, 5.41) is 21.4. The number of phenolic OH excluding ortho intramolecular Hbond substituents is 1. The molecule has 0 bridgehead atoms. The fourth-order valence-electron chi connectivity index (χ4n) is 3.77. The number of pyridine rings is 1. The Morgan fingerprint density at radius 1 is 1.12 bits per heavy atom. The monoisotopic (exact) mass is 428 g/mol. The van der Waals surface area contributed by atoms with Crippen molar-refractivity contribution in [2.45, 2.75) is 19.9 Å². The Balaban J connectivity index is 1.43. The van der Waals surface area contributed by atoms with E-state index in [0.717, 1.165) is 39.0 Å².